The first-order valence-corrected chi connectivity index (χ1v) is 6.71. The van der Waals surface area contributed by atoms with Crippen LogP contribution in [-0.2, 0) is 14.9 Å². The molecule has 1 heterocycles. The number of hydrogen-bond donors (Lipinski definition) is 1. The maximum atomic E-state index is 11.7. The monoisotopic (exact) mass is 236 g/mol. The zero-order valence-electron chi connectivity index (χ0n) is 9.56. The topological polar surface area (TPSA) is 58.6 Å². The number of nitrogens with zero attached hydrogens (tertiary/aromatic N) is 1. The van der Waals surface area contributed by atoms with Crippen LogP contribution >= 0.6 is 0 Å². The van der Waals surface area contributed by atoms with Crippen LogP contribution in [0.25, 0.3) is 0 Å². The molecule has 1 fully saturated rings. The molecule has 0 aliphatic carbocycles. The SMILES string of the molecule is CC(C)N(C)S(=O)(=O)NCC1CCCO1. The van der Waals surface area contributed by atoms with E-state index in [1.807, 2.05) is 13.8 Å². The van der Waals surface area contributed by atoms with Crippen molar-refractivity contribution in [3.63, 3.8) is 0 Å². The molecule has 1 unspecified atom stereocenters. The highest BCUT2D eigenvalue weighted by atomic mass is 32.2. The Kier molecular flexibility index (Phi) is 4.51. The van der Waals surface area contributed by atoms with Crippen molar-refractivity contribution < 1.29 is 13.2 Å². The summed E-state index contributed by atoms with van der Waals surface area (Å²) in [5, 5.41) is 0. The van der Waals surface area contributed by atoms with Gasteiger partial charge in [-0.3, -0.25) is 0 Å². The molecule has 1 aliphatic heterocycles. The largest absolute Gasteiger partial charge is 0.377 e. The second-order valence-electron chi connectivity index (χ2n) is 4.10. The van der Waals surface area contributed by atoms with E-state index in [9.17, 15) is 8.42 Å². The smallest absolute Gasteiger partial charge is 0.279 e. The zero-order valence-corrected chi connectivity index (χ0v) is 10.4. The summed E-state index contributed by atoms with van der Waals surface area (Å²) in [7, 11) is -1.77. The average molecular weight is 236 g/mol. The average Bonchev–Trinajstić information content (AvgIpc) is 2.66. The summed E-state index contributed by atoms with van der Waals surface area (Å²) in [5.74, 6) is 0. The van der Waals surface area contributed by atoms with Crippen molar-refractivity contribution >= 4 is 10.2 Å². The minimum atomic E-state index is -3.34. The first-order chi connectivity index (χ1) is 6.93. The summed E-state index contributed by atoms with van der Waals surface area (Å²) in [6.45, 7) is 4.79. The molecular weight excluding hydrogens is 216 g/mol. The van der Waals surface area contributed by atoms with Crippen molar-refractivity contribution in [2.75, 3.05) is 20.2 Å². The molecular formula is C9H20N2O3S. The molecule has 0 aromatic carbocycles. The number of ether oxygens (including phenoxy) is 1. The number of rotatable bonds is 5. The van der Waals surface area contributed by atoms with E-state index in [0.717, 1.165) is 19.4 Å². The van der Waals surface area contributed by atoms with Crippen LogP contribution in [-0.4, -0.2) is 45.1 Å². The molecule has 6 heteroatoms. The maximum absolute atomic E-state index is 11.7. The van der Waals surface area contributed by atoms with E-state index in [4.69, 9.17) is 4.74 Å². The summed E-state index contributed by atoms with van der Waals surface area (Å²) < 4.78 is 32.6. The predicted octanol–water partition coefficient (Wildman–Crippen LogP) is 0.340. The Balaban J connectivity index is 2.42. The molecule has 0 amide bonds. The van der Waals surface area contributed by atoms with Crippen molar-refractivity contribution in [3.8, 4) is 0 Å². The van der Waals surface area contributed by atoms with Gasteiger partial charge in [-0.1, -0.05) is 0 Å². The van der Waals surface area contributed by atoms with Gasteiger partial charge in [-0.15, -0.1) is 0 Å². The molecule has 90 valence electrons. The Morgan fingerprint density at radius 1 is 1.53 bits per heavy atom. The summed E-state index contributed by atoms with van der Waals surface area (Å²) in [5.41, 5.74) is 0. The summed E-state index contributed by atoms with van der Waals surface area (Å²) >= 11 is 0. The third-order valence-corrected chi connectivity index (χ3v) is 4.34. The van der Waals surface area contributed by atoms with E-state index in [-0.39, 0.29) is 12.1 Å². The highest BCUT2D eigenvalue weighted by Gasteiger charge is 2.23. The lowest BCUT2D eigenvalue weighted by Crippen LogP contribution is -2.44. The third-order valence-electron chi connectivity index (χ3n) is 2.62. The first-order valence-electron chi connectivity index (χ1n) is 5.27. The molecule has 1 rings (SSSR count). The molecule has 1 saturated heterocycles. The molecule has 0 bridgehead atoms. The van der Waals surface area contributed by atoms with E-state index in [1.54, 1.807) is 7.05 Å². The van der Waals surface area contributed by atoms with Crippen molar-refractivity contribution in [2.45, 2.75) is 38.8 Å². The molecule has 1 N–H and O–H groups in total. The van der Waals surface area contributed by atoms with Crippen LogP contribution in [0.2, 0.25) is 0 Å². The highest BCUT2D eigenvalue weighted by molar-refractivity contribution is 7.87. The summed E-state index contributed by atoms with van der Waals surface area (Å²) in [6, 6.07) is -0.0352. The Labute approximate surface area is 92.0 Å². The Morgan fingerprint density at radius 2 is 2.20 bits per heavy atom. The van der Waals surface area contributed by atoms with Crippen LogP contribution in [0.3, 0.4) is 0 Å². The molecule has 0 radical (unpaired) electrons. The van der Waals surface area contributed by atoms with E-state index < -0.39 is 10.2 Å². The summed E-state index contributed by atoms with van der Waals surface area (Å²) in [4.78, 5) is 0. The van der Waals surface area contributed by atoms with Gasteiger partial charge in [0.05, 0.1) is 6.10 Å². The maximum Gasteiger partial charge on any atom is 0.279 e. The standard InChI is InChI=1S/C9H20N2O3S/c1-8(2)11(3)15(12,13)10-7-9-5-4-6-14-9/h8-10H,4-7H2,1-3H3. The second-order valence-corrected chi connectivity index (χ2v) is 5.91. The Hall–Kier alpha value is -0.170. The van der Waals surface area contributed by atoms with Gasteiger partial charge >= 0.3 is 0 Å². The van der Waals surface area contributed by atoms with Crippen LogP contribution in [0.4, 0.5) is 0 Å². The van der Waals surface area contributed by atoms with Crippen LogP contribution in [0.15, 0.2) is 0 Å². The number of nitrogens with one attached hydrogen (secondary N) is 1. The molecule has 0 spiro atoms. The van der Waals surface area contributed by atoms with Crippen molar-refractivity contribution in [1.82, 2.24) is 9.03 Å². The molecule has 1 aliphatic rings. The molecule has 15 heavy (non-hydrogen) atoms. The van der Waals surface area contributed by atoms with E-state index >= 15 is 0 Å². The van der Waals surface area contributed by atoms with Crippen LogP contribution in [0.5, 0.6) is 0 Å². The van der Waals surface area contributed by atoms with Crippen molar-refractivity contribution in [1.29, 1.82) is 0 Å². The molecule has 0 saturated carbocycles. The summed E-state index contributed by atoms with van der Waals surface area (Å²) in [6.07, 6.45) is 2.00. The van der Waals surface area contributed by atoms with Gasteiger partial charge < -0.3 is 4.74 Å². The second kappa shape index (κ2) is 5.25. The van der Waals surface area contributed by atoms with Gasteiger partial charge in [0, 0.05) is 26.2 Å². The van der Waals surface area contributed by atoms with Gasteiger partial charge in [0.2, 0.25) is 0 Å². The van der Waals surface area contributed by atoms with Gasteiger partial charge in [-0.2, -0.15) is 17.4 Å². The fraction of sp³-hybridized carbons (Fsp3) is 1.00. The van der Waals surface area contributed by atoms with Crippen molar-refractivity contribution in [3.05, 3.63) is 0 Å². The van der Waals surface area contributed by atoms with Gasteiger partial charge in [-0.25, -0.2) is 0 Å². The Bertz CT molecular complexity index is 284. The first kappa shape index (κ1) is 12.9. The minimum Gasteiger partial charge on any atom is -0.377 e. The lowest BCUT2D eigenvalue weighted by molar-refractivity contribution is 0.114. The van der Waals surface area contributed by atoms with Gasteiger partial charge in [0.1, 0.15) is 0 Å². The normalized spacial score (nSPS) is 22.9. The fourth-order valence-corrected chi connectivity index (χ4v) is 2.54. The van der Waals surface area contributed by atoms with Crippen LogP contribution in [0, 0.1) is 0 Å². The molecule has 1 atom stereocenters. The van der Waals surface area contributed by atoms with Crippen LogP contribution < -0.4 is 4.72 Å². The zero-order chi connectivity index (χ0) is 11.5. The van der Waals surface area contributed by atoms with E-state index in [2.05, 4.69) is 4.72 Å². The third kappa shape index (κ3) is 3.71. The lowest BCUT2D eigenvalue weighted by Gasteiger charge is -2.22. The quantitative estimate of drug-likeness (QED) is 0.749. The molecule has 0 aromatic rings. The minimum absolute atomic E-state index is 0.0352. The molecule has 5 nitrogen and oxygen atoms in total. The van der Waals surface area contributed by atoms with Gasteiger partial charge in [0.25, 0.3) is 10.2 Å². The predicted molar refractivity (Wildman–Crippen MR) is 58.8 cm³/mol. The fourth-order valence-electron chi connectivity index (χ4n) is 1.38. The van der Waals surface area contributed by atoms with Crippen molar-refractivity contribution in [2.24, 2.45) is 0 Å². The highest BCUT2D eigenvalue weighted by Crippen LogP contribution is 2.11. The van der Waals surface area contributed by atoms with Gasteiger partial charge in [0.15, 0.2) is 0 Å². The van der Waals surface area contributed by atoms with E-state index in [0.29, 0.717) is 6.54 Å². The van der Waals surface area contributed by atoms with Crippen LogP contribution in [0.1, 0.15) is 26.7 Å². The lowest BCUT2D eigenvalue weighted by atomic mass is 10.2. The Morgan fingerprint density at radius 3 is 2.67 bits per heavy atom. The van der Waals surface area contributed by atoms with Gasteiger partial charge in [-0.05, 0) is 26.7 Å². The number of hydrogen-bond acceptors (Lipinski definition) is 3. The van der Waals surface area contributed by atoms with E-state index in [1.165, 1.54) is 4.31 Å². The molecule has 0 aromatic heterocycles.